The van der Waals surface area contributed by atoms with Crippen molar-refractivity contribution in [2.24, 2.45) is 0 Å². The highest BCUT2D eigenvalue weighted by Crippen LogP contribution is 2.37. The first kappa shape index (κ1) is 53.7. The molecule has 0 saturated carbocycles. The molecule has 4 rings (SSSR count). The van der Waals surface area contributed by atoms with Gasteiger partial charge in [0.25, 0.3) is 0 Å². The van der Waals surface area contributed by atoms with E-state index in [1.807, 2.05) is 0 Å². The molecule has 2 N–H and O–H groups in total. The molecule has 0 aromatic carbocycles. The smallest absolute Gasteiger partial charge is 0.187 e. The molecule has 0 amide bonds. The van der Waals surface area contributed by atoms with Gasteiger partial charge in [-0.05, 0) is 12.8 Å². The largest absolute Gasteiger partial charge is 0.396 e. The van der Waals surface area contributed by atoms with Crippen LogP contribution in [0, 0.1) is 0 Å². The summed E-state index contributed by atoms with van der Waals surface area (Å²) in [7, 11) is 18.5. The van der Waals surface area contributed by atoms with Gasteiger partial charge >= 0.3 is 0 Å². The van der Waals surface area contributed by atoms with E-state index in [2.05, 4.69) is 0 Å². The molecular weight excluding hydrogens is 832 g/mol. The van der Waals surface area contributed by atoms with Crippen molar-refractivity contribution >= 4 is 0 Å². The number of rotatable bonds is 27. The minimum absolute atomic E-state index is 0.0147. The maximum absolute atomic E-state index is 10.1. The van der Waals surface area contributed by atoms with Crippen molar-refractivity contribution in [2.75, 3.05) is 125 Å². The van der Waals surface area contributed by atoms with Crippen LogP contribution in [0.2, 0.25) is 0 Å². The zero-order chi connectivity index (χ0) is 45.3. The van der Waals surface area contributed by atoms with Crippen molar-refractivity contribution in [3.63, 3.8) is 0 Å². The molecule has 0 radical (unpaired) electrons. The Hall–Kier alpha value is -0.880. The van der Waals surface area contributed by atoms with Crippen LogP contribution in [0.5, 0.6) is 0 Å². The van der Waals surface area contributed by atoms with Gasteiger partial charge in [-0.25, -0.2) is 0 Å². The van der Waals surface area contributed by atoms with Gasteiger partial charge in [0, 0.05) is 98.5 Å². The Balaban J connectivity index is 1.45. The molecule has 22 nitrogen and oxygen atoms in total. The number of aliphatic hydroxyl groups excluding tert-OH is 2. The summed E-state index contributed by atoms with van der Waals surface area (Å²) in [6.45, 7) is -0.0276. The average Bonchev–Trinajstić information content (AvgIpc) is 3.28. The maximum atomic E-state index is 10.1. The fraction of sp³-hybridized carbons (Fsp3) is 1.00. The lowest BCUT2D eigenvalue weighted by atomic mass is 9.94. The molecule has 366 valence electrons. The van der Waals surface area contributed by atoms with Crippen LogP contribution in [-0.2, 0) is 94.7 Å². The van der Waals surface area contributed by atoms with Gasteiger partial charge < -0.3 is 105 Å². The van der Waals surface area contributed by atoms with Crippen molar-refractivity contribution in [2.45, 2.75) is 136 Å². The van der Waals surface area contributed by atoms with Gasteiger partial charge in [0.2, 0.25) is 0 Å². The van der Waals surface area contributed by atoms with E-state index in [4.69, 9.17) is 94.7 Å². The van der Waals surface area contributed by atoms with Crippen molar-refractivity contribution in [3.8, 4) is 0 Å². The first-order chi connectivity index (χ1) is 30.2. The van der Waals surface area contributed by atoms with E-state index < -0.39 is 123 Å². The standard InChI is InChI=1S/C40H74O22/c1-43-19-23-26(46-4)30(48-6)36(54-12)40(60-23)62-28-24(20-44-2)59-38(34(52-10)32(28)50-8)56-18-17-55-37-33(51-9)31(49-7)27(22(57-37)14-16-42)61-39-35(53-11)29(47-5)25(45-3)21(58-39)13-15-41/h21-42H,13-20H2,1-12H3/t21?,22?,23?,24?,25-,26+,27-,28+,29-,30?,31-,32?,33?,34?,35?,36?,37-,38+,39-,40+/m1/s1. The van der Waals surface area contributed by atoms with Gasteiger partial charge in [-0.15, -0.1) is 0 Å². The molecule has 0 bridgehead atoms. The summed E-state index contributed by atoms with van der Waals surface area (Å²) in [4.78, 5) is 0. The van der Waals surface area contributed by atoms with Gasteiger partial charge in [-0.3, -0.25) is 0 Å². The molecule has 0 aromatic heterocycles. The zero-order valence-electron chi connectivity index (χ0n) is 38.3. The highest BCUT2D eigenvalue weighted by Gasteiger charge is 2.55. The first-order valence-corrected chi connectivity index (χ1v) is 20.8. The Bertz CT molecular complexity index is 1110. The zero-order valence-corrected chi connectivity index (χ0v) is 38.3. The number of hydrogen-bond acceptors (Lipinski definition) is 22. The van der Waals surface area contributed by atoms with Crippen LogP contribution in [-0.4, -0.2) is 258 Å². The Morgan fingerprint density at radius 2 is 0.597 bits per heavy atom. The van der Waals surface area contributed by atoms with Crippen LogP contribution >= 0.6 is 0 Å². The molecule has 4 heterocycles. The fourth-order valence-electron chi connectivity index (χ4n) is 8.92. The molecule has 4 fully saturated rings. The van der Waals surface area contributed by atoms with Crippen LogP contribution in [0.25, 0.3) is 0 Å². The Morgan fingerprint density at radius 1 is 0.323 bits per heavy atom. The van der Waals surface area contributed by atoms with E-state index in [9.17, 15) is 10.2 Å². The van der Waals surface area contributed by atoms with Crippen molar-refractivity contribution in [1.82, 2.24) is 0 Å². The van der Waals surface area contributed by atoms with Crippen molar-refractivity contribution in [1.29, 1.82) is 0 Å². The summed E-state index contributed by atoms with van der Waals surface area (Å²) in [5.74, 6) is 0. The molecular formula is C40H74O22. The van der Waals surface area contributed by atoms with Gasteiger partial charge in [0.1, 0.15) is 85.5 Å². The van der Waals surface area contributed by atoms with Crippen LogP contribution < -0.4 is 0 Å². The molecule has 0 spiro atoms. The predicted molar refractivity (Wildman–Crippen MR) is 211 cm³/mol. The summed E-state index contributed by atoms with van der Waals surface area (Å²) in [6.07, 6.45) is -14.3. The third-order valence-corrected chi connectivity index (χ3v) is 11.8. The highest BCUT2D eigenvalue weighted by atomic mass is 16.8. The molecule has 22 heteroatoms. The van der Waals surface area contributed by atoms with Crippen LogP contribution in [0.15, 0.2) is 0 Å². The average molecular weight is 907 g/mol. The molecule has 4 aliphatic heterocycles. The van der Waals surface area contributed by atoms with E-state index in [1.165, 1.54) is 56.9 Å². The lowest BCUT2D eigenvalue weighted by molar-refractivity contribution is -0.371. The summed E-state index contributed by atoms with van der Waals surface area (Å²) in [6, 6.07) is 0. The molecule has 4 saturated heterocycles. The third-order valence-electron chi connectivity index (χ3n) is 11.8. The highest BCUT2D eigenvalue weighted by molar-refractivity contribution is 4.98. The van der Waals surface area contributed by atoms with E-state index in [0.717, 1.165) is 0 Å². The minimum atomic E-state index is -0.995. The normalized spacial score (nSPS) is 41.7. The second-order valence-corrected chi connectivity index (χ2v) is 15.1. The lowest BCUT2D eigenvalue weighted by Gasteiger charge is -2.49. The van der Waals surface area contributed by atoms with Gasteiger partial charge in [-0.2, -0.15) is 0 Å². The number of hydrogen-bond donors (Lipinski definition) is 2. The van der Waals surface area contributed by atoms with E-state index >= 15 is 0 Å². The summed E-state index contributed by atoms with van der Waals surface area (Å²) >= 11 is 0. The van der Waals surface area contributed by atoms with Gasteiger partial charge in [0.15, 0.2) is 25.2 Å². The van der Waals surface area contributed by atoms with Crippen molar-refractivity contribution in [3.05, 3.63) is 0 Å². The summed E-state index contributed by atoms with van der Waals surface area (Å²) < 4.78 is 121. The Morgan fingerprint density at radius 3 is 0.968 bits per heavy atom. The third kappa shape index (κ3) is 12.6. The Kier molecular flexibility index (Phi) is 24.0. The number of methoxy groups -OCH3 is 12. The topological polar surface area (TPSA) is 225 Å². The number of ether oxygens (including phenoxy) is 20. The van der Waals surface area contributed by atoms with Crippen LogP contribution in [0.1, 0.15) is 12.8 Å². The quantitative estimate of drug-likeness (QED) is 0.0933. The van der Waals surface area contributed by atoms with E-state index in [-0.39, 0.29) is 52.5 Å². The van der Waals surface area contributed by atoms with Crippen LogP contribution in [0.4, 0.5) is 0 Å². The predicted octanol–water partition coefficient (Wildman–Crippen LogP) is -1.10. The second kappa shape index (κ2) is 27.7. The molecule has 20 atom stereocenters. The second-order valence-electron chi connectivity index (χ2n) is 15.1. The first-order valence-electron chi connectivity index (χ1n) is 20.8. The fourth-order valence-corrected chi connectivity index (χ4v) is 8.92. The summed E-state index contributed by atoms with van der Waals surface area (Å²) in [5, 5.41) is 19.9. The molecule has 4 aliphatic rings. The van der Waals surface area contributed by atoms with E-state index in [0.29, 0.717) is 0 Å². The van der Waals surface area contributed by atoms with Crippen LogP contribution in [0.3, 0.4) is 0 Å². The SMILES string of the molecule is COCC1O[C@@H](O[C@H]2C(COC)O[C@H](OCCO[C@@H]3OC(CCO)[C@@H](O[C@H]4OC(CCO)[C@@H](OC)[C@@H](OC)C4OC)[C@@H](OC)C3OC)C(OC)C2OC)C(OC)C(OC)[C@H]1OC. The molecule has 10 unspecified atom stereocenters. The monoisotopic (exact) mass is 906 g/mol. The summed E-state index contributed by atoms with van der Waals surface area (Å²) in [5.41, 5.74) is 0. The van der Waals surface area contributed by atoms with Crippen molar-refractivity contribution < 1.29 is 105 Å². The molecule has 62 heavy (non-hydrogen) atoms. The van der Waals surface area contributed by atoms with Gasteiger partial charge in [0.05, 0.1) is 38.6 Å². The molecule has 0 aliphatic carbocycles. The lowest BCUT2D eigenvalue weighted by Crippen LogP contribution is -2.66. The Labute approximate surface area is 365 Å². The van der Waals surface area contributed by atoms with Gasteiger partial charge in [-0.1, -0.05) is 0 Å². The maximum Gasteiger partial charge on any atom is 0.187 e. The molecule has 0 aromatic rings. The minimum Gasteiger partial charge on any atom is -0.396 e. The van der Waals surface area contributed by atoms with E-state index in [1.54, 1.807) is 28.4 Å². The number of aliphatic hydroxyl groups is 2.